The van der Waals surface area contributed by atoms with Crippen LogP contribution in [-0.4, -0.2) is 17.7 Å². The van der Waals surface area contributed by atoms with Crippen molar-refractivity contribution in [1.29, 1.82) is 0 Å². The highest BCUT2D eigenvalue weighted by molar-refractivity contribution is 7.78. The highest BCUT2D eigenvalue weighted by Gasteiger charge is 2.41. The molecule has 6 nitrogen and oxygen atoms in total. The van der Waals surface area contributed by atoms with Crippen molar-refractivity contribution >= 4 is 30.6 Å². The Labute approximate surface area is 141 Å². The van der Waals surface area contributed by atoms with Crippen LogP contribution >= 0.6 is 12.8 Å². The number of ether oxygens (including phenoxy) is 1. The zero-order valence-electron chi connectivity index (χ0n) is 13.6. The summed E-state index contributed by atoms with van der Waals surface area (Å²) < 4.78 is 7.56. The van der Waals surface area contributed by atoms with Gasteiger partial charge in [-0.1, -0.05) is 24.9 Å². The normalized spacial score (nSPS) is 16.0. The van der Waals surface area contributed by atoms with Gasteiger partial charge in [0.25, 0.3) is 0 Å². The zero-order valence-corrected chi connectivity index (χ0v) is 14.5. The number of carbonyl (C=O) groups excluding carboxylic acids is 2. The average Bonchev–Trinajstić information content (AvgIpc) is 2.42. The summed E-state index contributed by atoms with van der Waals surface area (Å²) in [7, 11) is 0. The summed E-state index contributed by atoms with van der Waals surface area (Å²) in [5.74, 6) is 0. The lowest BCUT2D eigenvalue weighted by molar-refractivity contribution is 0.0377. The number of urea groups is 1. The quantitative estimate of drug-likeness (QED) is 0.637. The van der Waals surface area contributed by atoms with Gasteiger partial charge in [0.2, 0.25) is 0 Å². The Kier molecular flexibility index (Phi) is 5.09. The number of benzene rings is 1. The standard InChI is InChI=1S/C16H23N3O3S/c1-15(2,3)22-14(21)18-16(9-4-10-16)11-5-7-12(8-6-11)17-13(20)19-23/h5-8,23H,4,9-10H2,1-3H3,(H,18,21)(H2,17,19,20). The van der Waals surface area contributed by atoms with E-state index < -0.39 is 17.7 Å². The number of alkyl carbamates (subject to hydrolysis) is 1. The SMILES string of the molecule is CC(C)(C)OC(=O)NC1(c2ccc(NC(=O)NS)cc2)CCC1. The molecule has 3 N–H and O–H groups in total. The summed E-state index contributed by atoms with van der Waals surface area (Å²) >= 11 is 3.68. The molecule has 0 saturated heterocycles. The summed E-state index contributed by atoms with van der Waals surface area (Å²) in [5.41, 5.74) is 0.758. The van der Waals surface area contributed by atoms with E-state index in [2.05, 4.69) is 28.2 Å². The van der Waals surface area contributed by atoms with Gasteiger partial charge in [0.1, 0.15) is 5.60 Å². The van der Waals surface area contributed by atoms with Crippen molar-refractivity contribution in [2.24, 2.45) is 0 Å². The third kappa shape index (κ3) is 4.54. The van der Waals surface area contributed by atoms with Gasteiger partial charge in [-0.05, 0) is 57.7 Å². The number of rotatable bonds is 3. The first kappa shape index (κ1) is 17.5. The van der Waals surface area contributed by atoms with Crippen LogP contribution in [0.25, 0.3) is 0 Å². The van der Waals surface area contributed by atoms with E-state index in [-0.39, 0.29) is 5.54 Å². The number of amides is 3. The van der Waals surface area contributed by atoms with Crippen LogP contribution in [0.2, 0.25) is 0 Å². The first-order valence-electron chi connectivity index (χ1n) is 7.57. The molecule has 3 amide bonds. The highest BCUT2D eigenvalue weighted by atomic mass is 32.1. The molecule has 2 rings (SSSR count). The maximum absolute atomic E-state index is 12.1. The Morgan fingerprint density at radius 2 is 1.78 bits per heavy atom. The van der Waals surface area contributed by atoms with E-state index in [0.717, 1.165) is 24.8 Å². The molecular formula is C16H23N3O3S. The third-order valence-electron chi connectivity index (χ3n) is 3.74. The first-order valence-corrected chi connectivity index (χ1v) is 8.02. The van der Waals surface area contributed by atoms with Gasteiger partial charge < -0.3 is 15.4 Å². The maximum Gasteiger partial charge on any atom is 0.408 e. The van der Waals surface area contributed by atoms with E-state index in [4.69, 9.17) is 4.74 Å². The molecule has 0 bridgehead atoms. The third-order valence-corrected chi connectivity index (χ3v) is 3.95. The lowest BCUT2D eigenvalue weighted by Gasteiger charge is -2.43. The number of hydrogen-bond acceptors (Lipinski definition) is 4. The van der Waals surface area contributed by atoms with E-state index in [1.165, 1.54) is 0 Å². The molecule has 23 heavy (non-hydrogen) atoms. The van der Waals surface area contributed by atoms with Crippen LogP contribution in [0.15, 0.2) is 24.3 Å². The van der Waals surface area contributed by atoms with E-state index in [9.17, 15) is 9.59 Å². The van der Waals surface area contributed by atoms with Crippen LogP contribution in [0.5, 0.6) is 0 Å². The van der Waals surface area contributed by atoms with Crippen LogP contribution in [0.4, 0.5) is 15.3 Å². The summed E-state index contributed by atoms with van der Waals surface area (Å²) in [4.78, 5) is 23.3. The van der Waals surface area contributed by atoms with Crippen LogP contribution in [0.3, 0.4) is 0 Å². The molecule has 0 unspecified atom stereocenters. The van der Waals surface area contributed by atoms with Crippen molar-refractivity contribution < 1.29 is 14.3 Å². The molecule has 0 radical (unpaired) electrons. The van der Waals surface area contributed by atoms with Crippen LogP contribution in [-0.2, 0) is 10.3 Å². The van der Waals surface area contributed by atoms with Crippen molar-refractivity contribution in [3.8, 4) is 0 Å². The van der Waals surface area contributed by atoms with Crippen molar-refractivity contribution in [3.05, 3.63) is 29.8 Å². The minimum Gasteiger partial charge on any atom is -0.444 e. The molecule has 1 aromatic rings. The number of thiol groups is 1. The molecule has 1 fully saturated rings. The maximum atomic E-state index is 12.1. The fourth-order valence-electron chi connectivity index (χ4n) is 2.55. The summed E-state index contributed by atoms with van der Waals surface area (Å²) in [6.07, 6.45) is 2.39. The molecule has 0 aliphatic heterocycles. The van der Waals surface area contributed by atoms with Crippen LogP contribution in [0.1, 0.15) is 45.6 Å². The first-order chi connectivity index (χ1) is 10.7. The van der Waals surface area contributed by atoms with Gasteiger partial charge in [-0.2, -0.15) is 0 Å². The van der Waals surface area contributed by atoms with Crippen molar-refractivity contribution in [3.63, 3.8) is 0 Å². The summed E-state index contributed by atoms with van der Waals surface area (Å²) in [6, 6.07) is 7.02. The van der Waals surface area contributed by atoms with Crippen molar-refractivity contribution in [2.75, 3.05) is 5.32 Å². The van der Waals surface area contributed by atoms with Gasteiger partial charge in [-0.25, -0.2) is 9.59 Å². The molecule has 1 aromatic carbocycles. The molecule has 0 aromatic heterocycles. The Morgan fingerprint density at radius 1 is 1.17 bits per heavy atom. The molecule has 1 saturated carbocycles. The second-order valence-corrected chi connectivity index (χ2v) is 6.93. The van der Waals surface area contributed by atoms with Gasteiger partial charge in [-0.3, -0.25) is 4.72 Å². The molecule has 1 aliphatic carbocycles. The zero-order chi connectivity index (χ0) is 17.1. The van der Waals surface area contributed by atoms with Crippen LogP contribution < -0.4 is 15.4 Å². The number of carbonyl (C=O) groups is 2. The van der Waals surface area contributed by atoms with Crippen molar-refractivity contribution in [1.82, 2.24) is 10.0 Å². The predicted octanol–water partition coefficient (Wildman–Crippen LogP) is 3.56. The molecule has 1 aliphatic rings. The Hall–Kier alpha value is -1.89. The second-order valence-electron chi connectivity index (χ2n) is 6.71. The second kappa shape index (κ2) is 6.70. The summed E-state index contributed by atoms with van der Waals surface area (Å²) in [5, 5.41) is 5.64. The highest BCUT2D eigenvalue weighted by Crippen LogP contribution is 2.41. The minimum atomic E-state index is -0.525. The van der Waals surface area contributed by atoms with Gasteiger partial charge in [0, 0.05) is 5.69 Å². The molecular weight excluding hydrogens is 314 g/mol. The minimum absolute atomic E-state index is 0.382. The van der Waals surface area contributed by atoms with Gasteiger partial charge in [-0.15, -0.1) is 0 Å². The van der Waals surface area contributed by atoms with Gasteiger partial charge >= 0.3 is 12.1 Å². The lowest BCUT2D eigenvalue weighted by Crippen LogP contribution is -2.52. The Balaban J connectivity index is 2.08. The molecule has 0 heterocycles. The molecule has 126 valence electrons. The fraction of sp³-hybridized carbons (Fsp3) is 0.500. The smallest absolute Gasteiger partial charge is 0.408 e. The number of nitrogens with one attached hydrogen (secondary N) is 3. The van der Waals surface area contributed by atoms with E-state index >= 15 is 0 Å². The number of anilines is 1. The molecule has 0 atom stereocenters. The van der Waals surface area contributed by atoms with Gasteiger partial charge in [0.05, 0.1) is 5.54 Å². The van der Waals surface area contributed by atoms with Crippen molar-refractivity contribution in [2.45, 2.75) is 51.2 Å². The molecule has 0 spiro atoms. The Bertz CT molecular complexity index is 577. The largest absolute Gasteiger partial charge is 0.444 e. The monoisotopic (exact) mass is 337 g/mol. The van der Waals surface area contributed by atoms with E-state index in [0.29, 0.717) is 5.69 Å². The van der Waals surface area contributed by atoms with E-state index in [1.807, 2.05) is 32.9 Å². The van der Waals surface area contributed by atoms with Crippen LogP contribution in [0, 0.1) is 0 Å². The molecule has 7 heteroatoms. The topological polar surface area (TPSA) is 79.5 Å². The van der Waals surface area contributed by atoms with Gasteiger partial charge in [0.15, 0.2) is 0 Å². The fourth-order valence-corrected chi connectivity index (χ4v) is 2.60. The Morgan fingerprint density at radius 3 is 2.22 bits per heavy atom. The summed E-state index contributed by atoms with van der Waals surface area (Å²) in [6.45, 7) is 5.52. The number of hydrogen-bond donors (Lipinski definition) is 4. The average molecular weight is 337 g/mol. The van der Waals surface area contributed by atoms with E-state index in [1.54, 1.807) is 12.1 Å². The lowest BCUT2D eigenvalue weighted by atomic mass is 9.72. The predicted molar refractivity (Wildman–Crippen MR) is 92.5 cm³/mol.